The fourth-order valence-electron chi connectivity index (χ4n) is 1.29. The third-order valence-corrected chi connectivity index (χ3v) is 2.24. The number of rotatable bonds is 5. The van der Waals surface area contributed by atoms with Crippen molar-refractivity contribution < 1.29 is 19.2 Å². The lowest BCUT2D eigenvalue weighted by atomic mass is 10.2. The molecule has 0 aromatic heterocycles. The van der Waals surface area contributed by atoms with E-state index in [2.05, 4.69) is 10.6 Å². The molecular weight excluding hydrogens is 245 g/mol. The van der Waals surface area contributed by atoms with Gasteiger partial charge in [0.05, 0.1) is 23.3 Å². The van der Waals surface area contributed by atoms with Gasteiger partial charge in [-0.1, -0.05) is 0 Å². The van der Waals surface area contributed by atoms with Gasteiger partial charge in [0.25, 0.3) is 5.69 Å². The molecule has 0 unspecified atom stereocenters. The number of carbonyl (C=O) groups is 1. The van der Waals surface area contributed by atoms with E-state index < -0.39 is 35.0 Å². The van der Waals surface area contributed by atoms with Crippen LogP contribution in [0.1, 0.15) is 0 Å². The van der Waals surface area contributed by atoms with Gasteiger partial charge in [-0.25, -0.2) is 4.39 Å². The Kier molecular flexibility index (Phi) is 4.55. The number of likely N-dealkylation sites (N-methyl/N-ethyl adjacent to an activating group) is 1. The van der Waals surface area contributed by atoms with Crippen LogP contribution in [0, 0.1) is 15.9 Å². The molecule has 1 rings (SSSR count). The van der Waals surface area contributed by atoms with Gasteiger partial charge in [0.15, 0.2) is 5.82 Å². The highest BCUT2D eigenvalue weighted by Crippen LogP contribution is 2.21. The predicted molar refractivity (Wildman–Crippen MR) is 61.6 cm³/mol. The summed E-state index contributed by atoms with van der Waals surface area (Å²) in [5.41, 5.74) is -0.484. The lowest BCUT2D eigenvalue weighted by molar-refractivity contribution is -0.385. The molecule has 0 saturated heterocycles. The Morgan fingerprint density at radius 3 is 2.72 bits per heavy atom. The molecule has 0 aliphatic rings. The van der Waals surface area contributed by atoms with Crippen LogP contribution >= 0.6 is 0 Å². The summed E-state index contributed by atoms with van der Waals surface area (Å²) in [7, 11) is 1.37. The summed E-state index contributed by atoms with van der Waals surface area (Å²) < 4.78 is 13.5. The molecule has 0 radical (unpaired) electrons. The Bertz CT molecular complexity index is 466. The third-order valence-electron chi connectivity index (χ3n) is 2.24. The molecule has 1 amide bonds. The molecule has 0 heterocycles. The largest absolute Gasteiger partial charge is 0.394 e. The van der Waals surface area contributed by atoms with Crippen molar-refractivity contribution in [3.63, 3.8) is 0 Å². The minimum atomic E-state index is -1.02. The average Bonchev–Trinajstić information content (AvgIpc) is 2.36. The topological polar surface area (TPSA) is 104 Å². The number of aliphatic hydroxyl groups is 1. The number of nitrogens with zero attached hydrogens (tertiary/aromatic N) is 1. The summed E-state index contributed by atoms with van der Waals surface area (Å²) >= 11 is 0. The molecule has 7 nitrogen and oxygen atoms in total. The molecule has 0 spiro atoms. The van der Waals surface area contributed by atoms with E-state index in [1.54, 1.807) is 0 Å². The Balaban J connectivity index is 2.90. The van der Waals surface area contributed by atoms with Gasteiger partial charge in [0.1, 0.15) is 6.04 Å². The first-order chi connectivity index (χ1) is 8.49. The van der Waals surface area contributed by atoms with Gasteiger partial charge in [-0.2, -0.15) is 0 Å². The molecule has 8 heteroatoms. The van der Waals surface area contributed by atoms with Gasteiger partial charge in [-0.15, -0.1) is 0 Å². The molecule has 1 atom stereocenters. The minimum absolute atomic E-state index is 0.0942. The number of hydrogen-bond donors (Lipinski definition) is 3. The Hall–Kier alpha value is -2.22. The van der Waals surface area contributed by atoms with Crippen molar-refractivity contribution in [3.05, 3.63) is 34.1 Å². The first-order valence-corrected chi connectivity index (χ1v) is 5.02. The SMILES string of the molecule is CNC(=O)[C@H](CO)Nc1ccc([N+](=O)[O-])cc1F. The molecule has 1 aromatic carbocycles. The summed E-state index contributed by atoms with van der Waals surface area (Å²) in [6.07, 6.45) is 0. The Morgan fingerprint density at radius 2 is 2.28 bits per heavy atom. The van der Waals surface area contributed by atoms with E-state index in [1.807, 2.05) is 0 Å². The van der Waals surface area contributed by atoms with Crippen molar-refractivity contribution in [1.29, 1.82) is 0 Å². The number of aliphatic hydroxyl groups excluding tert-OH is 1. The van der Waals surface area contributed by atoms with Crippen LogP contribution in [0.5, 0.6) is 0 Å². The van der Waals surface area contributed by atoms with Crippen LogP contribution in [0.4, 0.5) is 15.8 Å². The normalized spacial score (nSPS) is 11.7. The van der Waals surface area contributed by atoms with Crippen molar-refractivity contribution in [2.24, 2.45) is 0 Å². The lowest BCUT2D eigenvalue weighted by Gasteiger charge is -2.16. The van der Waals surface area contributed by atoms with Crippen LogP contribution in [0.2, 0.25) is 0 Å². The summed E-state index contributed by atoms with van der Waals surface area (Å²) in [6.45, 7) is -0.532. The highest BCUT2D eigenvalue weighted by atomic mass is 19.1. The Labute approximate surface area is 102 Å². The first kappa shape index (κ1) is 13.8. The molecule has 0 aliphatic heterocycles. The van der Waals surface area contributed by atoms with Crippen LogP contribution in [0.25, 0.3) is 0 Å². The highest BCUT2D eigenvalue weighted by Gasteiger charge is 2.18. The molecule has 0 bridgehead atoms. The molecule has 98 valence electrons. The van der Waals surface area contributed by atoms with E-state index in [0.29, 0.717) is 0 Å². The van der Waals surface area contributed by atoms with E-state index in [0.717, 1.165) is 18.2 Å². The van der Waals surface area contributed by atoms with Crippen LogP contribution < -0.4 is 10.6 Å². The van der Waals surface area contributed by atoms with E-state index in [1.165, 1.54) is 7.05 Å². The number of non-ortho nitro benzene ring substituents is 1. The second-order valence-corrected chi connectivity index (χ2v) is 3.42. The smallest absolute Gasteiger partial charge is 0.272 e. The lowest BCUT2D eigenvalue weighted by Crippen LogP contribution is -2.40. The second kappa shape index (κ2) is 5.92. The van der Waals surface area contributed by atoms with E-state index in [-0.39, 0.29) is 5.69 Å². The molecule has 0 fully saturated rings. The predicted octanol–water partition coefficient (Wildman–Crippen LogP) is 0.253. The standard InChI is InChI=1S/C10H12FN3O4/c1-12-10(16)9(5-15)13-8-3-2-6(14(17)18)4-7(8)11/h2-4,9,13,15H,5H2,1H3,(H,12,16)/t9-/m0/s1. The van der Waals surface area contributed by atoms with Crippen molar-refractivity contribution in [1.82, 2.24) is 5.32 Å². The fourth-order valence-corrected chi connectivity index (χ4v) is 1.29. The van der Waals surface area contributed by atoms with E-state index >= 15 is 0 Å². The minimum Gasteiger partial charge on any atom is -0.394 e. The fraction of sp³-hybridized carbons (Fsp3) is 0.300. The maximum Gasteiger partial charge on any atom is 0.272 e. The van der Waals surface area contributed by atoms with E-state index in [4.69, 9.17) is 5.11 Å². The molecule has 0 saturated carbocycles. The van der Waals surface area contributed by atoms with Crippen LogP contribution in [0.3, 0.4) is 0 Å². The van der Waals surface area contributed by atoms with Gasteiger partial charge in [-0.05, 0) is 6.07 Å². The maximum atomic E-state index is 13.5. The zero-order chi connectivity index (χ0) is 13.7. The second-order valence-electron chi connectivity index (χ2n) is 3.42. The maximum absolute atomic E-state index is 13.5. The van der Waals surface area contributed by atoms with Crippen LogP contribution in [0.15, 0.2) is 18.2 Å². The monoisotopic (exact) mass is 257 g/mol. The third kappa shape index (κ3) is 3.14. The van der Waals surface area contributed by atoms with Gasteiger partial charge in [0, 0.05) is 13.1 Å². The zero-order valence-corrected chi connectivity index (χ0v) is 9.51. The number of amides is 1. The summed E-state index contributed by atoms with van der Waals surface area (Å²) in [4.78, 5) is 21.0. The Morgan fingerprint density at radius 1 is 1.61 bits per heavy atom. The van der Waals surface area contributed by atoms with E-state index in [9.17, 15) is 19.3 Å². The van der Waals surface area contributed by atoms with Crippen LogP contribution in [-0.4, -0.2) is 35.6 Å². The average molecular weight is 257 g/mol. The van der Waals surface area contributed by atoms with Gasteiger partial charge in [-0.3, -0.25) is 14.9 Å². The van der Waals surface area contributed by atoms with Gasteiger partial charge < -0.3 is 15.7 Å². The highest BCUT2D eigenvalue weighted by molar-refractivity contribution is 5.84. The number of benzene rings is 1. The van der Waals surface area contributed by atoms with Crippen molar-refractivity contribution in [3.8, 4) is 0 Å². The van der Waals surface area contributed by atoms with Crippen LogP contribution in [-0.2, 0) is 4.79 Å². The van der Waals surface area contributed by atoms with Crippen molar-refractivity contribution in [2.45, 2.75) is 6.04 Å². The van der Waals surface area contributed by atoms with Crippen molar-refractivity contribution in [2.75, 3.05) is 19.0 Å². The summed E-state index contributed by atoms with van der Waals surface area (Å²) in [5, 5.41) is 24.1. The number of anilines is 1. The number of nitrogens with one attached hydrogen (secondary N) is 2. The first-order valence-electron chi connectivity index (χ1n) is 5.02. The summed E-state index contributed by atoms with van der Waals surface area (Å²) in [6, 6.07) is 1.95. The molecule has 18 heavy (non-hydrogen) atoms. The summed E-state index contributed by atoms with van der Waals surface area (Å²) in [5.74, 6) is -1.39. The zero-order valence-electron chi connectivity index (χ0n) is 9.51. The number of carbonyl (C=O) groups excluding carboxylic acids is 1. The van der Waals surface area contributed by atoms with Crippen molar-refractivity contribution >= 4 is 17.3 Å². The molecule has 0 aliphatic carbocycles. The molecular formula is C10H12FN3O4. The number of nitro groups is 1. The number of hydrogen-bond acceptors (Lipinski definition) is 5. The quantitative estimate of drug-likeness (QED) is 0.518. The molecule has 3 N–H and O–H groups in total. The molecule has 1 aromatic rings. The van der Waals surface area contributed by atoms with Gasteiger partial charge in [0.2, 0.25) is 5.91 Å². The number of nitro benzene ring substituents is 1. The number of halogens is 1. The van der Waals surface area contributed by atoms with Gasteiger partial charge >= 0.3 is 0 Å².